The van der Waals surface area contributed by atoms with E-state index < -0.39 is 10.0 Å². The van der Waals surface area contributed by atoms with Gasteiger partial charge in [0.2, 0.25) is 10.0 Å². The van der Waals surface area contributed by atoms with Crippen LogP contribution in [0.2, 0.25) is 0 Å². The molecule has 0 amide bonds. The van der Waals surface area contributed by atoms with Crippen molar-refractivity contribution in [2.45, 2.75) is 66.0 Å². The molecule has 1 aromatic heterocycles. The van der Waals surface area contributed by atoms with E-state index in [1.165, 1.54) is 11.3 Å². The molecule has 1 aliphatic rings. The molecule has 9 heteroatoms. The molecule has 160 valence electrons. The van der Waals surface area contributed by atoms with E-state index in [9.17, 15) is 8.42 Å². The van der Waals surface area contributed by atoms with Gasteiger partial charge in [0.1, 0.15) is 0 Å². The van der Waals surface area contributed by atoms with Gasteiger partial charge >= 0.3 is 0 Å². The Morgan fingerprint density at radius 2 is 1.86 bits per heavy atom. The summed E-state index contributed by atoms with van der Waals surface area (Å²) in [4.78, 5) is 4.80. The third-order valence-corrected chi connectivity index (χ3v) is 7.20. The lowest BCUT2D eigenvalue weighted by Gasteiger charge is -2.32. The van der Waals surface area contributed by atoms with E-state index in [4.69, 9.17) is 4.99 Å². The van der Waals surface area contributed by atoms with Crippen molar-refractivity contribution >= 4 is 16.0 Å². The molecule has 1 saturated heterocycles. The summed E-state index contributed by atoms with van der Waals surface area (Å²) >= 11 is 0. The summed E-state index contributed by atoms with van der Waals surface area (Å²) in [6.07, 6.45) is 3.41. The summed E-state index contributed by atoms with van der Waals surface area (Å²) < 4.78 is 27.6. The lowest BCUT2D eigenvalue weighted by Crippen LogP contribution is -2.50. The molecule has 28 heavy (non-hydrogen) atoms. The Labute approximate surface area is 169 Å². The lowest BCUT2D eigenvalue weighted by atomic mass is 10.1. The topological polar surface area (TPSA) is 91.6 Å². The van der Waals surface area contributed by atoms with Crippen LogP contribution in [0, 0.1) is 0 Å². The number of hydrogen-bond donors (Lipinski definition) is 2. The number of piperidine rings is 1. The second-order valence-corrected chi connectivity index (χ2v) is 9.37. The molecule has 0 spiro atoms. The van der Waals surface area contributed by atoms with Crippen LogP contribution < -0.4 is 10.6 Å². The van der Waals surface area contributed by atoms with Crippen molar-refractivity contribution in [1.82, 2.24) is 24.7 Å². The zero-order valence-corrected chi connectivity index (χ0v) is 18.8. The molecule has 8 nitrogen and oxygen atoms in total. The number of aryl methyl sites for hydroxylation is 2. The summed E-state index contributed by atoms with van der Waals surface area (Å²) in [5.74, 6) is 0.951. The van der Waals surface area contributed by atoms with Crippen LogP contribution in [0.3, 0.4) is 0 Å². The first-order chi connectivity index (χ1) is 13.4. The maximum atomic E-state index is 12.0. The quantitative estimate of drug-likeness (QED) is 0.498. The highest BCUT2D eigenvalue weighted by Gasteiger charge is 2.27. The fourth-order valence-electron chi connectivity index (χ4n) is 3.70. The van der Waals surface area contributed by atoms with E-state index in [2.05, 4.69) is 29.6 Å². The average molecular weight is 413 g/mol. The van der Waals surface area contributed by atoms with Gasteiger partial charge in [-0.1, -0.05) is 13.8 Å². The first-order valence-electron chi connectivity index (χ1n) is 10.4. The van der Waals surface area contributed by atoms with Crippen molar-refractivity contribution < 1.29 is 8.42 Å². The Balaban J connectivity index is 2.04. The van der Waals surface area contributed by atoms with Gasteiger partial charge in [0.05, 0.1) is 18.0 Å². The summed E-state index contributed by atoms with van der Waals surface area (Å²) in [5.41, 5.74) is 3.56. The van der Waals surface area contributed by atoms with Crippen LogP contribution in [-0.4, -0.2) is 59.9 Å². The van der Waals surface area contributed by atoms with Crippen LogP contribution in [0.4, 0.5) is 0 Å². The van der Waals surface area contributed by atoms with E-state index >= 15 is 0 Å². The van der Waals surface area contributed by atoms with Crippen LogP contribution in [0.5, 0.6) is 0 Å². The molecule has 0 atom stereocenters. The second kappa shape index (κ2) is 10.2. The van der Waals surface area contributed by atoms with Gasteiger partial charge in [0.25, 0.3) is 0 Å². The first kappa shape index (κ1) is 22.7. The predicted molar refractivity (Wildman–Crippen MR) is 114 cm³/mol. The minimum Gasteiger partial charge on any atom is -0.357 e. The van der Waals surface area contributed by atoms with Gasteiger partial charge in [-0.25, -0.2) is 17.7 Å². The van der Waals surface area contributed by atoms with Crippen molar-refractivity contribution in [3.8, 4) is 0 Å². The minimum absolute atomic E-state index is 0.166. The fraction of sp³-hybridized carbons (Fsp3) is 0.789. The number of hydrogen-bond acceptors (Lipinski definition) is 4. The number of rotatable bonds is 8. The molecule has 0 bridgehead atoms. The Morgan fingerprint density at radius 3 is 2.39 bits per heavy atom. The van der Waals surface area contributed by atoms with Crippen molar-refractivity contribution in [2.24, 2.45) is 12.0 Å². The number of aromatic nitrogens is 2. The smallest absolute Gasteiger partial charge is 0.213 e. The van der Waals surface area contributed by atoms with Crippen LogP contribution in [0.25, 0.3) is 0 Å². The maximum Gasteiger partial charge on any atom is 0.213 e. The number of nitrogens with one attached hydrogen (secondary N) is 2. The number of aliphatic imine (C=N–C) groups is 1. The second-order valence-electron chi connectivity index (χ2n) is 7.12. The maximum absolute atomic E-state index is 12.0. The number of guanidine groups is 1. The van der Waals surface area contributed by atoms with Crippen LogP contribution >= 0.6 is 0 Å². The Kier molecular flexibility index (Phi) is 8.30. The summed E-state index contributed by atoms with van der Waals surface area (Å²) in [7, 11) is -1.10. The minimum atomic E-state index is -3.09. The van der Waals surface area contributed by atoms with Gasteiger partial charge in [-0.2, -0.15) is 5.10 Å². The summed E-state index contributed by atoms with van der Waals surface area (Å²) in [5, 5.41) is 11.4. The Bertz CT molecular complexity index is 764. The summed E-state index contributed by atoms with van der Waals surface area (Å²) in [6.45, 7) is 10.5. The largest absolute Gasteiger partial charge is 0.357 e. The molecule has 1 aromatic rings. The van der Waals surface area contributed by atoms with Crippen LogP contribution in [0.1, 0.15) is 57.5 Å². The molecule has 2 rings (SSSR count). The molecule has 1 fully saturated rings. The standard InChI is InChI=1S/C19H36N6O2S/c1-6-17-16(18(7-2)24(5)23-17)14-21-19(20-8-3)22-15-10-12-25(13-11-15)28(26,27)9-4/h15H,6-14H2,1-5H3,(H2,20,21,22). The molecule has 2 N–H and O–H groups in total. The number of sulfonamides is 1. The van der Waals surface area contributed by atoms with Crippen LogP contribution in [-0.2, 0) is 36.5 Å². The zero-order valence-electron chi connectivity index (χ0n) is 18.0. The van der Waals surface area contributed by atoms with Gasteiger partial charge < -0.3 is 10.6 Å². The van der Waals surface area contributed by atoms with Crippen molar-refractivity contribution in [3.05, 3.63) is 17.0 Å². The van der Waals surface area contributed by atoms with Crippen LogP contribution in [0.15, 0.2) is 4.99 Å². The number of nitrogens with zero attached hydrogens (tertiary/aromatic N) is 4. The van der Waals surface area contributed by atoms with E-state index in [0.29, 0.717) is 19.6 Å². The lowest BCUT2D eigenvalue weighted by molar-refractivity contribution is 0.306. The van der Waals surface area contributed by atoms with E-state index in [1.807, 2.05) is 18.7 Å². The molecular formula is C19H36N6O2S. The van der Waals surface area contributed by atoms with Crippen molar-refractivity contribution in [2.75, 3.05) is 25.4 Å². The fourth-order valence-corrected chi connectivity index (χ4v) is 4.84. The van der Waals surface area contributed by atoms with Gasteiger partial charge in [0, 0.05) is 44.0 Å². The highest BCUT2D eigenvalue weighted by Crippen LogP contribution is 2.17. The van der Waals surface area contributed by atoms with Gasteiger partial charge in [0.15, 0.2) is 5.96 Å². The molecule has 0 unspecified atom stereocenters. The molecule has 1 aliphatic heterocycles. The molecular weight excluding hydrogens is 376 g/mol. The Morgan fingerprint density at radius 1 is 1.18 bits per heavy atom. The normalized spacial score (nSPS) is 17.1. The molecule has 0 aliphatic carbocycles. The molecule has 0 radical (unpaired) electrons. The monoisotopic (exact) mass is 412 g/mol. The molecule has 0 saturated carbocycles. The highest BCUT2D eigenvalue weighted by molar-refractivity contribution is 7.89. The average Bonchev–Trinajstić information content (AvgIpc) is 3.01. The van der Waals surface area contributed by atoms with Crippen molar-refractivity contribution in [3.63, 3.8) is 0 Å². The Hall–Kier alpha value is -1.61. The van der Waals surface area contributed by atoms with Gasteiger partial charge in [-0.15, -0.1) is 0 Å². The van der Waals surface area contributed by atoms with E-state index in [1.54, 1.807) is 11.2 Å². The zero-order chi connectivity index (χ0) is 20.7. The summed E-state index contributed by atoms with van der Waals surface area (Å²) in [6, 6.07) is 0.228. The van der Waals surface area contributed by atoms with E-state index in [0.717, 1.165) is 43.9 Å². The van der Waals surface area contributed by atoms with E-state index in [-0.39, 0.29) is 11.8 Å². The highest BCUT2D eigenvalue weighted by atomic mass is 32.2. The van der Waals surface area contributed by atoms with Crippen molar-refractivity contribution in [1.29, 1.82) is 0 Å². The SMILES string of the molecule is CCNC(=NCc1c(CC)nn(C)c1CC)NC1CCN(S(=O)(=O)CC)CC1. The third-order valence-electron chi connectivity index (χ3n) is 5.32. The first-order valence-corrected chi connectivity index (χ1v) is 12.0. The van der Waals surface area contributed by atoms with Gasteiger partial charge in [-0.3, -0.25) is 4.68 Å². The van der Waals surface area contributed by atoms with Gasteiger partial charge in [-0.05, 0) is 39.5 Å². The molecule has 2 heterocycles. The third kappa shape index (κ3) is 5.47. The molecule has 0 aromatic carbocycles. The predicted octanol–water partition coefficient (Wildman–Crippen LogP) is 1.41.